The number of rotatable bonds is 4. The predicted octanol–water partition coefficient (Wildman–Crippen LogP) is 2.65. The molecule has 0 aliphatic heterocycles. The number of nitrogens with one attached hydrogen (secondary N) is 2. The molecule has 0 saturated heterocycles. The second kappa shape index (κ2) is 5.20. The Morgan fingerprint density at radius 2 is 2.17 bits per heavy atom. The molecule has 0 bridgehead atoms. The zero-order valence-electron chi connectivity index (χ0n) is 11.4. The van der Waals surface area contributed by atoms with Crippen LogP contribution in [0.5, 0.6) is 0 Å². The van der Waals surface area contributed by atoms with Crippen LogP contribution in [-0.2, 0) is 13.0 Å². The second-order valence-corrected chi connectivity index (χ2v) is 6.46. The lowest BCUT2D eigenvalue weighted by atomic mass is 10.1. The van der Waals surface area contributed by atoms with E-state index in [1.165, 1.54) is 0 Å². The van der Waals surface area contributed by atoms with Gasteiger partial charge in [0.15, 0.2) is 0 Å². The van der Waals surface area contributed by atoms with Crippen LogP contribution in [0.4, 0.5) is 0 Å². The average Bonchev–Trinajstić information content (AvgIpc) is 2.85. The van der Waals surface area contributed by atoms with E-state index >= 15 is 0 Å². The number of aromatic amines is 1. The minimum Gasteiger partial charge on any atom is -0.344 e. The number of imidazole rings is 1. The van der Waals surface area contributed by atoms with Crippen LogP contribution >= 0.6 is 11.3 Å². The Morgan fingerprint density at radius 1 is 1.39 bits per heavy atom. The summed E-state index contributed by atoms with van der Waals surface area (Å²) in [5, 5.41) is 6.61. The molecule has 0 amide bonds. The molecule has 0 saturated carbocycles. The van der Waals surface area contributed by atoms with E-state index in [1.807, 2.05) is 13.1 Å². The molecule has 0 unspecified atom stereocenters. The molecule has 4 nitrogen and oxygen atoms in total. The van der Waals surface area contributed by atoms with Gasteiger partial charge in [0.25, 0.3) is 0 Å². The molecule has 0 fully saturated rings. The van der Waals surface area contributed by atoms with Crippen LogP contribution < -0.4 is 5.32 Å². The van der Waals surface area contributed by atoms with Crippen molar-refractivity contribution >= 4 is 11.3 Å². The minimum absolute atomic E-state index is 0.123. The Morgan fingerprint density at radius 3 is 2.78 bits per heavy atom. The molecule has 0 aliphatic rings. The van der Waals surface area contributed by atoms with Crippen molar-refractivity contribution in [1.82, 2.24) is 20.3 Å². The number of hydrogen-bond acceptors (Lipinski definition) is 4. The van der Waals surface area contributed by atoms with E-state index in [0.717, 1.165) is 35.2 Å². The van der Waals surface area contributed by atoms with E-state index in [9.17, 15) is 0 Å². The molecular weight excluding hydrogens is 244 g/mol. The molecule has 0 radical (unpaired) electrons. The highest BCUT2D eigenvalue weighted by molar-refractivity contribution is 7.09. The number of hydrogen-bond donors (Lipinski definition) is 2. The van der Waals surface area contributed by atoms with Gasteiger partial charge in [-0.1, -0.05) is 0 Å². The summed E-state index contributed by atoms with van der Waals surface area (Å²) in [5.41, 5.74) is 2.32. The predicted molar refractivity (Wildman–Crippen MR) is 74.8 cm³/mol. The van der Waals surface area contributed by atoms with E-state index < -0.39 is 0 Å². The first-order valence-electron chi connectivity index (χ1n) is 6.11. The molecule has 2 aromatic rings. The Bertz CT molecular complexity index is 507. The van der Waals surface area contributed by atoms with Crippen molar-refractivity contribution in [2.45, 2.75) is 46.2 Å². The van der Waals surface area contributed by atoms with Gasteiger partial charge in [-0.2, -0.15) is 0 Å². The number of aromatic nitrogens is 3. The van der Waals surface area contributed by atoms with E-state index in [2.05, 4.69) is 46.4 Å². The van der Waals surface area contributed by atoms with Crippen molar-refractivity contribution < 1.29 is 0 Å². The minimum atomic E-state index is 0.123. The maximum absolute atomic E-state index is 4.44. The standard InChI is InChI=1S/C13H20N4S/c1-9-8-18-12(16-9)5-11-14-6-10(17-11)7-15-13(2,3)4/h6,8,15H,5,7H2,1-4H3,(H,14,17). The summed E-state index contributed by atoms with van der Waals surface area (Å²) in [4.78, 5) is 12.2. The van der Waals surface area contributed by atoms with Crippen LogP contribution in [0.2, 0.25) is 0 Å². The largest absolute Gasteiger partial charge is 0.344 e. The molecule has 18 heavy (non-hydrogen) atoms. The van der Waals surface area contributed by atoms with Gasteiger partial charge >= 0.3 is 0 Å². The molecule has 0 atom stereocenters. The third-order valence-corrected chi connectivity index (χ3v) is 3.44. The summed E-state index contributed by atoms with van der Waals surface area (Å²) in [6.45, 7) is 9.29. The van der Waals surface area contributed by atoms with E-state index in [-0.39, 0.29) is 5.54 Å². The molecular formula is C13H20N4S. The first kappa shape index (κ1) is 13.2. The zero-order valence-corrected chi connectivity index (χ0v) is 12.2. The van der Waals surface area contributed by atoms with Crippen molar-refractivity contribution in [3.05, 3.63) is 33.8 Å². The normalized spacial score (nSPS) is 12.0. The molecule has 5 heteroatoms. The lowest BCUT2D eigenvalue weighted by Gasteiger charge is -2.19. The summed E-state index contributed by atoms with van der Waals surface area (Å²) < 4.78 is 0. The van der Waals surface area contributed by atoms with Gasteiger partial charge in [0.05, 0.1) is 6.42 Å². The van der Waals surface area contributed by atoms with Gasteiger partial charge in [-0.05, 0) is 27.7 Å². The Labute approximate surface area is 112 Å². The quantitative estimate of drug-likeness (QED) is 0.892. The number of H-pyrrole nitrogens is 1. The number of aryl methyl sites for hydroxylation is 1. The second-order valence-electron chi connectivity index (χ2n) is 5.52. The molecule has 2 rings (SSSR count). The first-order valence-corrected chi connectivity index (χ1v) is 6.99. The van der Waals surface area contributed by atoms with Crippen LogP contribution in [0.25, 0.3) is 0 Å². The fourth-order valence-corrected chi connectivity index (χ4v) is 2.35. The van der Waals surface area contributed by atoms with Crippen LogP contribution in [0.1, 0.15) is 43.0 Å². The van der Waals surface area contributed by atoms with Crippen molar-refractivity contribution in [3.63, 3.8) is 0 Å². The highest BCUT2D eigenvalue weighted by Crippen LogP contribution is 2.12. The summed E-state index contributed by atoms with van der Waals surface area (Å²) in [5.74, 6) is 0.982. The van der Waals surface area contributed by atoms with Crippen molar-refractivity contribution in [2.75, 3.05) is 0 Å². The fourth-order valence-electron chi connectivity index (χ4n) is 1.57. The van der Waals surface area contributed by atoms with Crippen molar-refractivity contribution in [1.29, 1.82) is 0 Å². The monoisotopic (exact) mass is 264 g/mol. The lowest BCUT2D eigenvalue weighted by molar-refractivity contribution is 0.421. The molecule has 2 aromatic heterocycles. The van der Waals surface area contributed by atoms with E-state index in [1.54, 1.807) is 11.3 Å². The topological polar surface area (TPSA) is 53.6 Å². The van der Waals surface area contributed by atoms with Gasteiger partial charge in [0.1, 0.15) is 10.8 Å². The zero-order chi connectivity index (χ0) is 13.2. The first-order chi connectivity index (χ1) is 8.42. The van der Waals surface area contributed by atoms with Crippen LogP contribution in [-0.4, -0.2) is 20.5 Å². The molecule has 2 N–H and O–H groups in total. The van der Waals surface area contributed by atoms with Gasteiger partial charge in [-0.3, -0.25) is 0 Å². The van der Waals surface area contributed by atoms with Crippen LogP contribution in [0, 0.1) is 6.92 Å². The number of thiazole rings is 1. The highest BCUT2D eigenvalue weighted by Gasteiger charge is 2.10. The Hall–Kier alpha value is -1.20. The van der Waals surface area contributed by atoms with Gasteiger partial charge in [-0.25, -0.2) is 9.97 Å². The molecule has 0 spiro atoms. The molecule has 98 valence electrons. The van der Waals surface area contributed by atoms with Gasteiger partial charge < -0.3 is 10.3 Å². The summed E-state index contributed by atoms with van der Waals surface area (Å²) >= 11 is 1.68. The maximum atomic E-state index is 4.44. The summed E-state index contributed by atoms with van der Waals surface area (Å²) in [6.07, 6.45) is 2.68. The SMILES string of the molecule is Cc1csc(Cc2ncc(CNC(C)(C)C)[nH]2)n1. The third-order valence-electron chi connectivity index (χ3n) is 2.48. The maximum Gasteiger partial charge on any atom is 0.113 e. The molecule has 2 heterocycles. The average molecular weight is 264 g/mol. The lowest BCUT2D eigenvalue weighted by Crippen LogP contribution is -2.35. The third kappa shape index (κ3) is 3.92. The number of nitrogens with zero attached hydrogens (tertiary/aromatic N) is 2. The highest BCUT2D eigenvalue weighted by atomic mass is 32.1. The van der Waals surface area contributed by atoms with Crippen molar-refractivity contribution in [2.24, 2.45) is 0 Å². The van der Waals surface area contributed by atoms with E-state index in [0.29, 0.717) is 0 Å². The van der Waals surface area contributed by atoms with Gasteiger partial charge in [0.2, 0.25) is 0 Å². The summed E-state index contributed by atoms with van der Waals surface area (Å²) in [7, 11) is 0. The van der Waals surface area contributed by atoms with E-state index in [4.69, 9.17) is 0 Å². The van der Waals surface area contributed by atoms with Crippen LogP contribution in [0.3, 0.4) is 0 Å². The Balaban J connectivity index is 1.94. The van der Waals surface area contributed by atoms with Gasteiger partial charge in [0, 0.05) is 35.0 Å². The van der Waals surface area contributed by atoms with Crippen LogP contribution in [0.15, 0.2) is 11.6 Å². The van der Waals surface area contributed by atoms with Crippen molar-refractivity contribution in [3.8, 4) is 0 Å². The summed E-state index contributed by atoms with van der Waals surface area (Å²) in [6, 6.07) is 0. The van der Waals surface area contributed by atoms with Gasteiger partial charge in [-0.15, -0.1) is 11.3 Å². The molecule has 0 aromatic carbocycles. The molecule has 0 aliphatic carbocycles. The fraction of sp³-hybridized carbons (Fsp3) is 0.538. The smallest absolute Gasteiger partial charge is 0.113 e. The Kier molecular flexibility index (Phi) is 3.82.